The molecule has 3 aromatic rings. The molecule has 4 heteroatoms. The molecule has 0 amide bonds. The van der Waals surface area contributed by atoms with Gasteiger partial charge in [-0.05, 0) is 43.0 Å². The maximum atomic E-state index is 12.2. The molecule has 0 radical (unpaired) electrons. The van der Waals surface area contributed by atoms with Crippen molar-refractivity contribution >= 4 is 11.5 Å². The van der Waals surface area contributed by atoms with Crippen molar-refractivity contribution in [1.82, 2.24) is 4.90 Å². The molecule has 0 aliphatic carbocycles. The zero-order valence-corrected chi connectivity index (χ0v) is 21.5. The summed E-state index contributed by atoms with van der Waals surface area (Å²) >= 11 is 0. The van der Waals surface area contributed by atoms with Crippen molar-refractivity contribution < 1.29 is 14.3 Å². The second-order valence-corrected chi connectivity index (χ2v) is 8.60. The highest BCUT2D eigenvalue weighted by atomic mass is 16.5. The minimum absolute atomic E-state index is 0.0404. The predicted molar refractivity (Wildman–Crippen MR) is 147 cm³/mol. The molecule has 2 atom stereocenters. The van der Waals surface area contributed by atoms with Crippen molar-refractivity contribution in [1.29, 1.82) is 0 Å². The van der Waals surface area contributed by atoms with E-state index in [4.69, 9.17) is 9.47 Å². The third-order valence-electron chi connectivity index (χ3n) is 6.11. The van der Waals surface area contributed by atoms with E-state index in [2.05, 4.69) is 78.6 Å². The van der Waals surface area contributed by atoms with Gasteiger partial charge in [-0.2, -0.15) is 0 Å². The van der Waals surface area contributed by atoms with Crippen LogP contribution in [0.3, 0.4) is 0 Å². The fourth-order valence-electron chi connectivity index (χ4n) is 4.18. The SMILES string of the molecule is CCOCC(=C[C@@H](c1ccccc1)[C@H](C)N(/C=C/C(=O)OCC)Cc1ccccc1)c1ccccc1. The summed E-state index contributed by atoms with van der Waals surface area (Å²) in [4.78, 5) is 14.4. The molecule has 0 N–H and O–H groups in total. The number of ether oxygens (including phenoxy) is 2. The third kappa shape index (κ3) is 8.24. The molecule has 3 rings (SSSR count). The van der Waals surface area contributed by atoms with Crippen LogP contribution < -0.4 is 0 Å². The van der Waals surface area contributed by atoms with Gasteiger partial charge in [-0.1, -0.05) is 97.1 Å². The topological polar surface area (TPSA) is 38.8 Å². The fraction of sp³-hybridized carbons (Fsp3) is 0.281. The molecule has 0 aliphatic rings. The number of carbonyl (C=O) groups excluding carboxylic acids is 1. The van der Waals surface area contributed by atoms with E-state index in [-0.39, 0.29) is 17.9 Å². The van der Waals surface area contributed by atoms with Crippen LogP contribution in [0.1, 0.15) is 43.4 Å². The van der Waals surface area contributed by atoms with Gasteiger partial charge in [0.05, 0.1) is 13.2 Å². The predicted octanol–water partition coefficient (Wildman–Crippen LogP) is 6.86. The first kappa shape index (κ1) is 27.0. The number of nitrogens with zero attached hydrogens (tertiary/aromatic N) is 1. The Balaban J connectivity index is 2.03. The van der Waals surface area contributed by atoms with Crippen LogP contribution in [0, 0.1) is 0 Å². The third-order valence-corrected chi connectivity index (χ3v) is 6.11. The van der Waals surface area contributed by atoms with Gasteiger partial charge in [0.1, 0.15) is 0 Å². The summed E-state index contributed by atoms with van der Waals surface area (Å²) in [6.45, 7) is 8.24. The number of hydrogen-bond acceptors (Lipinski definition) is 4. The lowest BCUT2D eigenvalue weighted by Crippen LogP contribution is -2.33. The summed E-state index contributed by atoms with van der Waals surface area (Å²) in [7, 11) is 0. The van der Waals surface area contributed by atoms with Gasteiger partial charge in [-0.15, -0.1) is 0 Å². The van der Waals surface area contributed by atoms with Crippen LogP contribution in [-0.2, 0) is 20.8 Å². The zero-order valence-electron chi connectivity index (χ0n) is 21.5. The summed E-state index contributed by atoms with van der Waals surface area (Å²) in [5, 5.41) is 0. The smallest absolute Gasteiger partial charge is 0.332 e. The Bertz CT molecular complexity index is 1090. The van der Waals surface area contributed by atoms with E-state index in [0.717, 1.165) is 11.1 Å². The van der Waals surface area contributed by atoms with Crippen molar-refractivity contribution in [3.8, 4) is 0 Å². The van der Waals surface area contributed by atoms with Crippen molar-refractivity contribution in [2.75, 3.05) is 19.8 Å². The standard InChI is InChI=1S/C32H37NO3/c1-4-35-25-30(28-17-11-7-12-18-28)23-31(29-19-13-8-14-20-29)26(3)33(22-21-32(34)36-5-2)24-27-15-9-6-10-16-27/h6-23,26,31H,4-5,24-25H2,1-3H3/b22-21+,30-23?/t26-,31+/m0/s1. The molecular formula is C32H37NO3. The normalized spacial score (nSPS) is 13.4. The highest BCUT2D eigenvalue weighted by Gasteiger charge is 2.23. The largest absolute Gasteiger partial charge is 0.463 e. The summed E-state index contributed by atoms with van der Waals surface area (Å²) in [6.07, 6.45) is 5.71. The van der Waals surface area contributed by atoms with Crippen LogP contribution in [0.2, 0.25) is 0 Å². The highest BCUT2D eigenvalue weighted by Crippen LogP contribution is 2.30. The number of hydrogen-bond donors (Lipinski definition) is 0. The molecule has 0 aromatic heterocycles. The molecule has 0 heterocycles. The Labute approximate surface area is 215 Å². The van der Waals surface area contributed by atoms with Gasteiger partial charge in [0.25, 0.3) is 0 Å². The van der Waals surface area contributed by atoms with E-state index in [1.54, 1.807) is 0 Å². The molecular weight excluding hydrogens is 446 g/mol. The quantitative estimate of drug-likeness (QED) is 0.197. The minimum Gasteiger partial charge on any atom is -0.463 e. The molecule has 4 nitrogen and oxygen atoms in total. The van der Waals surface area contributed by atoms with Crippen LogP contribution in [0.4, 0.5) is 0 Å². The molecule has 3 aromatic carbocycles. The zero-order chi connectivity index (χ0) is 25.6. The van der Waals surface area contributed by atoms with Crippen LogP contribution in [0.5, 0.6) is 0 Å². The van der Waals surface area contributed by atoms with Gasteiger partial charge in [0.15, 0.2) is 0 Å². The number of esters is 1. The average Bonchev–Trinajstić information content (AvgIpc) is 2.92. The van der Waals surface area contributed by atoms with Crippen LogP contribution >= 0.6 is 0 Å². The fourth-order valence-corrected chi connectivity index (χ4v) is 4.18. The van der Waals surface area contributed by atoms with Crippen LogP contribution in [-0.4, -0.2) is 36.7 Å². The Morgan fingerprint density at radius 2 is 1.47 bits per heavy atom. The summed E-state index contributed by atoms with van der Waals surface area (Å²) < 4.78 is 11.0. The molecule has 36 heavy (non-hydrogen) atoms. The van der Waals surface area contributed by atoms with Gasteiger partial charge in [-0.3, -0.25) is 0 Å². The first-order chi connectivity index (χ1) is 17.6. The molecule has 0 saturated heterocycles. The van der Waals surface area contributed by atoms with Crippen molar-refractivity contribution in [2.24, 2.45) is 0 Å². The highest BCUT2D eigenvalue weighted by molar-refractivity contribution is 5.81. The second kappa shape index (κ2) is 14.7. The van der Waals surface area contributed by atoms with Gasteiger partial charge >= 0.3 is 5.97 Å². The Kier molecular flexibility index (Phi) is 11.0. The lowest BCUT2D eigenvalue weighted by Gasteiger charge is -2.34. The van der Waals surface area contributed by atoms with E-state index in [9.17, 15) is 4.79 Å². The maximum absolute atomic E-state index is 12.2. The van der Waals surface area contributed by atoms with Gasteiger partial charge in [0.2, 0.25) is 0 Å². The van der Waals surface area contributed by atoms with Crippen LogP contribution in [0.25, 0.3) is 5.57 Å². The molecule has 0 fully saturated rings. The first-order valence-electron chi connectivity index (χ1n) is 12.7. The van der Waals surface area contributed by atoms with E-state index in [0.29, 0.717) is 26.4 Å². The average molecular weight is 484 g/mol. The molecule has 0 aliphatic heterocycles. The minimum atomic E-state index is -0.337. The van der Waals surface area contributed by atoms with Gasteiger partial charge < -0.3 is 14.4 Å². The summed E-state index contributed by atoms with van der Waals surface area (Å²) in [5.41, 5.74) is 4.67. The molecule has 0 bridgehead atoms. The second-order valence-electron chi connectivity index (χ2n) is 8.60. The molecule has 0 saturated carbocycles. The maximum Gasteiger partial charge on any atom is 0.332 e. The van der Waals surface area contributed by atoms with E-state index in [1.165, 1.54) is 17.2 Å². The summed E-state index contributed by atoms with van der Waals surface area (Å²) in [6, 6.07) is 31.2. The summed E-state index contributed by atoms with van der Waals surface area (Å²) in [5.74, 6) is -0.284. The lowest BCUT2D eigenvalue weighted by molar-refractivity contribution is -0.137. The number of carbonyl (C=O) groups is 1. The first-order valence-corrected chi connectivity index (χ1v) is 12.7. The van der Waals surface area contributed by atoms with Crippen molar-refractivity contribution in [3.63, 3.8) is 0 Å². The molecule has 188 valence electrons. The number of benzene rings is 3. The molecule has 0 unspecified atom stereocenters. The van der Waals surface area contributed by atoms with Crippen molar-refractivity contribution in [2.45, 2.75) is 39.3 Å². The Morgan fingerprint density at radius 1 is 0.861 bits per heavy atom. The van der Waals surface area contributed by atoms with E-state index < -0.39 is 0 Å². The van der Waals surface area contributed by atoms with Gasteiger partial charge in [0, 0.05) is 37.4 Å². The van der Waals surface area contributed by atoms with E-state index in [1.807, 2.05) is 50.4 Å². The lowest BCUT2D eigenvalue weighted by atomic mass is 9.88. The van der Waals surface area contributed by atoms with Gasteiger partial charge in [-0.25, -0.2) is 4.79 Å². The Morgan fingerprint density at radius 3 is 2.08 bits per heavy atom. The Hall–Kier alpha value is -3.63. The number of rotatable bonds is 13. The molecule has 0 spiro atoms. The monoisotopic (exact) mass is 483 g/mol. The van der Waals surface area contributed by atoms with E-state index >= 15 is 0 Å². The van der Waals surface area contributed by atoms with Crippen LogP contribution in [0.15, 0.2) is 109 Å². The van der Waals surface area contributed by atoms with Crippen molar-refractivity contribution in [3.05, 3.63) is 126 Å².